The van der Waals surface area contributed by atoms with Gasteiger partial charge in [-0.1, -0.05) is 20.3 Å². The molecule has 5 aliphatic carbocycles. The second-order valence-electron chi connectivity index (χ2n) is 10.4. The molecule has 1 spiro atoms. The topological polar surface area (TPSA) is 29.5 Å². The number of hydrogen-bond acceptors (Lipinski definition) is 3. The predicted molar refractivity (Wildman–Crippen MR) is 106 cm³/mol. The summed E-state index contributed by atoms with van der Waals surface area (Å²) in [5, 5.41) is 11.5. The number of thioether (sulfide) groups is 1. The zero-order valence-corrected chi connectivity index (χ0v) is 17.5. The zero-order valence-electron chi connectivity index (χ0n) is 16.7. The summed E-state index contributed by atoms with van der Waals surface area (Å²) >= 11 is 1.94. The van der Waals surface area contributed by atoms with Gasteiger partial charge in [0.25, 0.3) is 0 Å². The molecule has 0 aliphatic heterocycles. The maximum atomic E-state index is 11.5. The van der Waals surface area contributed by atoms with E-state index in [-0.39, 0.29) is 11.5 Å². The van der Waals surface area contributed by atoms with Crippen LogP contribution in [0.2, 0.25) is 0 Å². The first-order valence-electron chi connectivity index (χ1n) is 10.6. The molecule has 0 aromatic heterocycles. The Morgan fingerprint density at radius 2 is 1.84 bits per heavy atom. The Morgan fingerprint density at radius 3 is 2.56 bits per heavy atom. The lowest BCUT2D eigenvalue weighted by Crippen LogP contribution is -2.66. The molecule has 5 fully saturated rings. The van der Waals surface area contributed by atoms with Gasteiger partial charge in [0.15, 0.2) is 0 Å². The first-order chi connectivity index (χ1) is 11.9. The summed E-state index contributed by atoms with van der Waals surface area (Å²) in [6.07, 6.45) is 12.8. The van der Waals surface area contributed by atoms with Crippen molar-refractivity contribution < 1.29 is 9.84 Å². The van der Waals surface area contributed by atoms with E-state index in [4.69, 9.17) is 4.74 Å². The number of hydrogen-bond donors (Lipinski definition) is 1. The summed E-state index contributed by atoms with van der Waals surface area (Å²) in [5.74, 6) is 3.98. The van der Waals surface area contributed by atoms with Crippen LogP contribution in [0.3, 0.4) is 0 Å². The molecule has 0 radical (unpaired) electrons. The van der Waals surface area contributed by atoms with E-state index >= 15 is 0 Å². The third-order valence-electron chi connectivity index (χ3n) is 9.44. The minimum Gasteiger partial charge on any atom is -0.392 e. The SMILES string of the molecule is COC[C@]1(C)CCC[C@]2(C)[C@@H]1CC[C@@]13CC[C@H](C[C@@H]21)[C@H](CSC)[C@H]3O. The van der Waals surface area contributed by atoms with Crippen molar-refractivity contribution >= 4 is 11.8 Å². The van der Waals surface area contributed by atoms with E-state index in [2.05, 4.69) is 20.1 Å². The quantitative estimate of drug-likeness (QED) is 0.759. The second-order valence-corrected chi connectivity index (χ2v) is 11.3. The van der Waals surface area contributed by atoms with Crippen molar-refractivity contribution in [2.45, 2.75) is 71.3 Å². The Hall–Kier alpha value is 0.270. The largest absolute Gasteiger partial charge is 0.392 e. The maximum absolute atomic E-state index is 11.5. The van der Waals surface area contributed by atoms with Crippen molar-refractivity contribution in [2.75, 3.05) is 25.7 Å². The summed E-state index contributed by atoms with van der Waals surface area (Å²) in [5.41, 5.74) is 0.975. The summed E-state index contributed by atoms with van der Waals surface area (Å²) in [7, 11) is 1.88. The number of rotatable bonds is 4. The average Bonchev–Trinajstić information content (AvgIpc) is 2.58. The van der Waals surface area contributed by atoms with Crippen molar-refractivity contribution in [3.63, 3.8) is 0 Å². The fourth-order valence-corrected chi connectivity index (χ4v) is 9.37. The monoisotopic (exact) mass is 366 g/mol. The number of aliphatic hydroxyl groups excluding tert-OH is 1. The molecular weight excluding hydrogens is 328 g/mol. The van der Waals surface area contributed by atoms with Crippen LogP contribution in [-0.4, -0.2) is 36.9 Å². The Morgan fingerprint density at radius 1 is 1.08 bits per heavy atom. The van der Waals surface area contributed by atoms with Crippen molar-refractivity contribution in [2.24, 2.45) is 39.9 Å². The summed E-state index contributed by atoms with van der Waals surface area (Å²) in [4.78, 5) is 0. The van der Waals surface area contributed by atoms with E-state index in [1.54, 1.807) is 0 Å². The number of fused-ring (bicyclic) bond motifs is 3. The van der Waals surface area contributed by atoms with Gasteiger partial charge in [0.05, 0.1) is 12.7 Å². The number of methoxy groups -OCH3 is 1. The van der Waals surface area contributed by atoms with Crippen LogP contribution in [0.15, 0.2) is 0 Å². The normalized spacial score (nSPS) is 54.8. The molecule has 8 atom stereocenters. The van der Waals surface area contributed by atoms with Crippen LogP contribution in [0.1, 0.15) is 65.2 Å². The fourth-order valence-electron chi connectivity index (χ4n) is 8.53. The van der Waals surface area contributed by atoms with Gasteiger partial charge in [0, 0.05) is 7.11 Å². The van der Waals surface area contributed by atoms with Gasteiger partial charge in [-0.15, -0.1) is 0 Å². The van der Waals surface area contributed by atoms with E-state index in [9.17, 15) is 5.11 Å². The third kappa shape index (κ3) is 2.51. The van der Waals surface area contributed by atoms with Gasteiger partial charge >= 0.3 is 0 Å². The van der Waals surface area contributed by atoms with E-state index in [1.807, 2.05) is 18.9 Å². The molecule has 0 saturated heterocycles. The molecule has 0 unspecified atom stereocenters. The van der Waals surface area contributed by atoms with Crippen molar-refractivity contribution in [1.82, 2.24) is 0 Å². The van der Waals surface area contributed by atoms with E-state index in [0.29, 0.717) is 16.7 Å². The van der Waals surface area contributed by atoms with Gasteiger partial charge in [-0.05, 0) is 96.9 Å². The molecule has 1 N–H and O–H groups in total. The molecule has 5 saturated carbocycles. The summed E-state index contributed by atoms with van der Waals surface area (Å²) < 4.78 is 5.69. The molecular formula is C22H38O2S. The average molecular weight is 367 g/mol. The highest BCUT2D eigenvalue weighted by molar-refractivity contribution is 7.98. The van der Waals surface area contributed by atoms with E-state index in [1.165, 1.54) is 51.4 Å². The molecule has 3 heteroatoms. The fraction of sp³-hybridized carbons (Fsp3) is 1.00. The van der Waals surface area contributed by atoms with Crippen molar-refractivity contribution in [3.05, 3.63) is 0 Å². The molecule has 0 amide bonds. The van der Waals surface area contributed by atoms with Crippen LogP contribution >= 0.6 is 11.8 Å². The Balaban J connectivity index is 1.68. The molecule has 2 nitrogen and oxygen atoms in total. The number of ether oxygens (including phenoxy) is 1. The predicted octanol–water partition coefficient (Wildman–Crippen LogP) is 5.00. The molecule has 5 aliphatic rings. The lowest BCUT2D eigenvalue weighted by atomic mass is 9.35. The maximum Gasteiger partial charge on any atom is 0.0637 e. The third-order valence-corrected chi connectivity index (χ3v) is 10.2. The minimum atomic E-state index is -0.0502. The van der Waals surface area contributed by atoms with Crippen LogP contribution in [0, 0.1) is 39.9 Å². The standard InChI is InChI=1S/C22H38O2S/c1-20(14-24-3)8-5-9-21(2)17(20)7-11-22-10-6-15(12-18(21)22)16(13-25-4)19(22)23/h15-19,23H,5-14H2,1-4H3/t15-,16+,17-,18+,19-,20+,21-,22+/m1/s1. The smallest absolute Gasteiger partial charge is 0.0637 e. The Bertz CT molecular complexity index is 506. The Kier molecular flexibility index (Phi) is 4.78. The summed E-state index contributed by atoms with van der Waals surface area (Å²) in [6, 6.07) is 0. The second kappa shape index (κ2) is 6.41. The molecule has 0 aromatic carbocycles. The summed E-state index contributed by atoms with van der Waals surface area (Å²) in [6.45, 7) is 6.01. The first-order valence-corrected chi connectivity index (χ1v) is 12.0. The minimum absolute atomic E-state index is 0.0502. The molecule has 25 heavy (non-hydrogen) atoms. The van der Waals surface area contributed by atoms with Gasteiger partial charge in [0.2, 0.25) is 0 Å². The highest BCUT2D eigenvalue weighted by atomic mass is 32.2. The van der Waals surface area contributed by atoms with Crippen molar-refractivity contribution in [3.8, 4) is 0 Å². The lowest BCUT2D eigenvalue weighted by molar-refractivity contribution is -0.243. The highest BCUT2D eigenvalue weighted by Gasteiger charge is 2.67. The van der Waals surface area contributed by atoms with Crippen molar-refractivity contribution in [1.29, 1.82) is 0 Å². The van der Waals surface area contributed by atoms with Crippen LogP contribution in [0.25, 0.3) is 0 Å². The van der Waals surface area contributed by atoms with Crippen LogP contribution in [-0.2, 0) is 4.74 Å². The van der Waals surface area contributed by atoms with Crippen LogP contribution in [0.5, 0.6) is 0 Å². The molecule has 2 bridgehead atoms. The van der Waals surface area contributed by atoms with Gasteiger partial charge in [-0.3, -0.25) is 0 Å². The lowest BCUT2D eigenvalue weighted by Gasteiger charge is -2.70. The zero-order chi connectivity index (χ0) is 17.9. The van der Waals surface area contributed by atoms with Gasteiger partial charge < -0.3 is 9.84 Å². The van der Waals surface area contributed by atoms with E-state index in [0.717, 1.165) is 30.1 Å². The molecule has 0 aromatic rings. The van der Waals surface area contributed by atoms with E-state index < -0.39 is 0 Å². The van der Waals surface area contributed by atoms with Crippen LogP contribution in [0.4, 0.5) is 0 Å². The van der Waals surface area contributed by atoms with Crippen LogP contribution < -0.4 is 0 Å². The first kappa shape index (κ1) is 18.6. The highest BCUT2D eigenvalue weighted by Crippen LogP contribution is 2.72. The molecule has 5 rings (SSSR count). The van der Waals surface area contributed by atoms with Gasteiger partial charge in [-0.2, -0.15) is 11.8 Å². The Labute approximate surface area is 158 Å². The number of aliphatic hydroxyl groups is 1. The van der Waals surface area contributed by atoms with Gasteiger partial charge in [-0.25, -0.2) is 0 Å². The molecule has 144 valence electrons. The van der Waals surface area contributed by atoms with Gasteiger partial charge in [0.1, 0.15) is 0 Å². The molecule has 0 heterocycles.